The zero-order valence-electron chi connectivity index (χ0n) is 14.4. The molecule has 0 saturated heterocycles. The quantitative estimate of drug-likeness (QED) is 0.459. The fourth-order valence-electron chi connectivity index (χ4n) is 3.73. The molecule has 128 valence electrons. The molecule has 0 N–H and O–H groups in total. The van der Waals surface area contributed by atoms with Gasteiger partial charge in [0.25, 0.3) is 0 Å². The van der Waals surface area contributed by atoms with Gasteiger partial charge in [0.05, 0.1) is 0 Å². The molecule has 0 nitrogen and oxygen atoms in total. The van der Waals surface area contributed by atoms with E-state index >= 15 is 3.47 Å². The third-order valence-electron chi connectivity index (χ3n) is 4.96. The van der Waals surface area contributed by atoms with E-state index in [0.29, 0.717) is 0 Å². The van der Waals surface area contributed by atoms with Crippen molar-refractivity contribution >= 4 is 30.3 Å². The Balaban J connectivity index is 2.23. The summed E-state index contributed by atoms with van der Waals surface area (Å²) in [7, 11) is 0. The fraction of sp³-hybridized carbons (Fsp3) is 0. The molecule has 0 aliphatic heterocycles. The Morgan fingerprint density at radius 3 is 0.731 bits per heavy atom. The molecule has 0 aliphatic carbocycles. The molecular formula is C24H20AsF. The number of rotatable bonds is 4. The summed E-state index contributed by atoms with van der Waals surface area (Å²) in [6, 6.07) is 38.8. The Labute approximate surface area is 155 Å². The van der Waals surface area contributed by atoms with Crippen LogP contribution < -0.4 is 17.4 Å². The Kier molecular flexibility index (Phi) is 4.26. The molecule has 0 atom stereocenters. The van der Waals surface area contributed by atoms with E-state index in [-0.39, 0.29) is 0 Å². The molecule has 0 aromatic heterocycles. The first kappa shape index (κ1) is 16.8. The normalized spacial score (nSPS) is 12.9. The minimum atomic E-state index is -5.05. The summed E-state index contributed by atoms with van der Waals surface area (Å²) in [5.74, 6) is 0. The van der Waals surface area contributed by atoms with Crippen LogP contribution in [0, 0.1) is 0 Å². The third-order valence-corrected chi connectivity index (χ3v) is 15.6. The first-order valence-corrected chi connectivity index (χ1v) is 13.2. The average molecular weight is 402 g/mol. The van der Waals surface area contributed by atoms with E-state index in [9.17, 15) is 0 Å². The van der Waals surface area contributed by atoms with Gasteiger partial charge in [0.2, 0.25) is 0 Å². The van der Waals surface area contributed by atoms with Crippen molar-refractivity contribution in [1.29, 1.82) is 0 Å². The molecule has 0 radical (unpaired) electrons. The molecular weight excluding hydrogens is 382 g/mol. The van der Waals surface area contributed by atoms with Crippen LogP contribution in [0.4, 0.5) is 3.47 Å². The number of hydrogen-bond acceptors (Lipinski definition) is 0. The zero-order chi connectivity index (χ0) is 17.9. The first-order valence-electron chi connectivity index (χ1n) is 8.71. The molecule has 0 aliphatic rings. The molecule has 0 spiro atoms. The predicted molar refractivity (Wildman–Crippen MR) is 111 cm³/mol. The Morgan fingerprint density at radius 2 is 0.538 bits per heavy atom. The Bertz CT molecular complexity index is 814. The molecule has 0 saturated carbocycles. The van der Waals surface area contributed by atoms with Crippen molar-refractivity contribution in [2.75, 3.05) is 0 Å². The molecule has 26 heavy (non-hydrogen) atoms. The van der Waals surface area contributed by atoms with Crippen molar-refractivity contribution in [1.82, 2.24) is 0 Å². The van der Waals surface area contributed by atoms with Gasteiger partial charge in [-0.25, -0.2) is 0 Å². The second-order valence-corrected chi connectivity index (χ2v) is 14.9. The summed E-state index contributed by atoms with van der Waals surface area (Å²) in [5.41, 5.74) is 0. The summed E-state index contributed by atoms with van der Waals surface area (Å²) in [6.07, 6.45) is 0. The van der Waals surface area contributed by atoms with E-state index in [1.54, 1.807) is 0 Å². The molecule has 0 heterocycles. The molecule has 4 aromatic rings. The first-order chi connectivity index (χ1) is 12.7. The van der Waals surface area contributed by atoms with Crippen molar-refractivity contribution in [3.05, 3.63) is 121 Å². The summed E-state index contributed by atoms with van der Waals surface area (Å²) in [6.45, 7) is 0. The maximum absolute atomic E-state index is 18.3. The van der Waals surface area contributed by atoms with Crippen LogP contribution in [-0.4, -0.2) is 12.9 Å². The van der Waals surface area contributed by atoms with E-state index in [1.165, 1.54) is 0 Å². The van der Waals surface area contributed by atoms with E-state index < -0.39 is 12.9 Å². The number of benzene rings is 4. The van der Waals surface area contributed by atoms with Gasteiger partial charge in [-0.1, -0.05) is 0 Å². The van der Waals surface area contributed by atoms with Crippen LogP contribution >= 0.6 is 0 Å². The van der Waals surface area contributed by atoms with Gasteiger partial charge in [0, 0.05) is 0 Å². The van der Waals surface area contributed by atoms with Gasteiger partial charge < -0.3 is 0 Å². The Morgan fingerprint density at radius 1 is 0.346 bits per heavy atom. The van der Waals surface area contributed by atoms with Gasteiger partial charge in [0.1, 0.15) is 0 Å². The fourth-order valence-corrected chi connectivity index (χ4v) is 13.6. The van der Waals surface area contributed by atoms with E-state index in [0.717, 1.165) is 17.4 Å². The van der Waals surface area contributed by atoms with Gasteiger partial charge in [-0.2, -0.15) is 0 Å². The molecule has 0 amide bonds. The molecule has 2 heteroatoms. The Hall–Kier alpha value is -2.63. The van der Waals surface area contributed by atoms with Crippen LogP contribution in [0.5, 0.6) is 0 Å². The van der Waals surface area contributed by atoms with Crippen LogP contribution in [0.1, 0.15) is 0 Å². The van der Waals surface area contributed by atoms with Crippen LogP contribution in [0.25, 0.3) is 0 Å². The summed E-state index contributed by atoms with van der Waals surface area (Å²) < 4.78 is 21.4. The summed E-state index contributed by atoms with van der Waals surface area (Å²) >= 11 is -5.05. The van der Waals surface area contributed by atoms with Crippen LogP contribution in [0.2, 0.25) is 0 Å². The van der Waals surface area contributed by atoms with E-state index in [4.69, 9.17) is 0 Å². The monoisotopic (exact) mass is 402 g/mol. The zero-order valence-corrected chi connectivity index (χ0v) is 16.2. The molecule has 0 unspecified atom stereocenters. The number of halogens is 1. The molecule has 4 rings (SSSR count). The van der Waals surface area contributed by atoms with Crippen LogP contribution in [0.3, 0.4) is 0 Å². The minimum absolute atomic E-state index is 0.773. The van der Waals surface area contributed by atoms with Crippen molar-refractivity contribution in [2.24, 2.45) is 0 Å². The van der Waals surface area contributed by atoms with Gasteiger partial charge in [0.15, 0.2) is 0 Å². The van der Waals surface area contributed by atoms with Crippen molar-refractivity contribution in [3.8, 4) is 0 Å². The molecule has 4 aromatic carbocycles. The van der Waals surface area contributed by atoms with E-state index in [1.807, 2.05) is 121 Å². The van der Waals surface area contributed by atoms with Crippen molar-refractivity contribution in [2.45, 2.75) is 0 Å². The van der Waals surface area contributed by atoms with Gasteiger partial charge >= 0.3 is 155 Å². The molecule has 0 fully saturated rings. The number of hydrogen-bond donors (Lipinski definition) is 0. The van der Waals surface area contributed by atoms with Crippen LogP contribution in [0.15, 0.2) is 121 Å². The second kappa shape index (κ2) is 6.59. The SMILES string of the molecule is F[As](c1ccccc1)(c1ccccc1)(c1ccccc1)c1ccccc1. The average Bonchev–Trinajstić information content (AvgIpc) is 2.76. The summed E-state index contributed by atoms with van der Waals surface area (Å²) in [4.78, 5) is 0. The maximum atomic E-state index is 18.3. The predicted octanol–water partition coefficient (Wildman–Crippen LogP) is 3.48. The topological polar surface area (TPSA) is 0 Å². The third kappa shape index (κ3) is 2.35. The molecule has 0 bridgehead atoms. The van der Waals surface area contributed by atoms with Crippen molar-refractivity contribution < 1.29 is 3.47 Å². The van der Waals surface area contributed by atoms with Gasteiger partial charge in [-0.05, 0) is 0 Å². The summed E-state index contributed by atoms with van der Waals surface area (Å²) in [5, 5.41) is 0. The van der Waals surface area contributed by atoms with E-state index in [2.05, 4.69) is 0 Å². The van der Waals surface area contributed by atoms with Gasteiger partial charge in [-0.3, -0.25) is 0 Å². The second-order valence-electron chi connectivity index (χ2n) is 6.35. The van der Waals surface area contributed by atoms with Crippen LogP contribution in [-0.2, 0) is 0 Å². The van der Waals surface area contributed by atoms with Gasteiger partial charge in [-0.15, -0.1) is 0 Å². The van der Waals surface area contributed by atoms with Crippen molar-refractivity contribution in [3.63, 3.8) is 0 Å². The standard InChI is InChI=1S/C24H20AsF/c26-25(21-13-5-1-6-14-21,22-15-7-2-8-16-22,23-17-9-3-10-18-23)24-19-11-4-12-20-24/h1-20H.